The first-order valence-corrected chi connectivity index (χ1v) is 9.14. The van der Waals surface area contributed by atoms with Crippen LogP contribution in [-0.4, -0.2) is 27.7 Å². The average molecular weight is 358 g/mol. The van der Waals surface area contributed by atoms with Gasteiger partial charge in [0.2, 0.25) is 5.96 Å². The second kappa shape index (κ2) is 7.25. The molecule has 1 atom stereocenters. The number of benzene rings is 2. The Hall–Kier alpha value is -3.12. The Kier molecular flexibility index (Phi) is 4.64. The monoisotopic (exact) mass is 358 g/mol. The molecule has 4 rings (SSSR count). The number of anilines is 1. The molecule has 0 spiro atoms. The Labute approximate surface area is 158 Å². The lowest BCUT2D eigenvalue weighted by atomic mass is 10.1. The summed E-state index contributed by atoms with van der Waals surface area (Å²) in [6.07, 6.45) is 0.931. The van der Waals surface area contributed by atoms with Crippen molar-refractivity contribution in [2.45, 2.75) is 32.9 Å². The normalized spacial score (nSPS) is 16.3. The van der Waals surface area contributed by atoms with Crippen LogP contribution in [0.1, 0.15) is 25.8 Å². The number of fused-ring (bicyclic) bond motifs is 1. The van der Waals surface area contributed by atoms with Gasteiger partial charge < -0.3 is 11.1 Å². The Bertz CT molecular complexity index is 1050. The first-order chi connectivity index (χ1) is 13.2. The van der Waals surface area contributed by atoms with E-state index in [-0.39, 0.29) is 6.04 Å². The molecule has 0 fully saturated rings. The lowest BCUT2D eigenvalue weighted by molar-refractivity contribution is 0.832. The van der Waals surface area contributed by atoms with E-state index in [9.17, 15) is 0 Å². The number of nitrogens with one attached hydrogen (secondary N) is 1. The predicted molar refractivity (Wildman–Crippen MR) is 111 cm³/mol. The summed E-state index contributed by atoms with van der Waals surface area (Å²) in [7, 11) is 0. The third kappa shape index (κ3) is 3.31. The van der Waals surface area contributed by atoms with E-state index in [0.717, 1.165) is 34.2 Å². The Balaban J connectivity index is 1.83. The summed E-state index contributed by atoms with van der Waals surface area (Å²) in [6.45, 7) is 4.55. The molecular formula is C21H22N6. The lowest BCUT2D eigenvalue weighted by Crippen LogP contribution is -2.11. The smallest absolute Gasteiger partial charge is 0.224 e. The molecule has 27 heavy (non-hydrogen) atoms. The Morgan fingerprint density at radius 1 is 1.04 bits per heavy atom. The quantitative estimate of drug-likeness (QED) is 0.743. The molecule has 0 saturated heterocycles. The fraction of sp³-hybridized carbons (Fsp3) is 0.238. The molecule has 1 aromatic heterocycles. The van der Waals surface area contributed by atoms with Gasteiger partial charge in [0.1, 0.15) is 5.82 Å². The van der Waals surface area contributed by atoms with Gasteiger partial charge in [0.15, 0.2) is 5.82 Å². The number of nitrogens with two attached hydrogens (primary N) is 1. The summed E-state index contributed by atoms with van der Waals surface area (Å²) in [5.41, 5.74) is 9.74. The van der Waals surface area contributed by atoms with Gasteiger partial charge in [-0.15, -0.1) is 0 Å². The number of hydrogen-bond acceptors (Lipinski definition) is 6. The SMILES string of the molecule is CCC1N=C(Nc2nc(-c3ccccc3CN)nc3ccccc23)N=C1C. The maximum atomic E-state index is 5.91. The molecule has 3 N–H and O–H groups in total. The van der Waals surface area contributed by atoms with Gasteiger partial charge in [0, 0.05) is 23.2 Å². The molecule has 0 saturated carbocycles. The topological polar surface area (TPSA) is 88.5 Å². The van der Waals surface area contributed by atoms with Crippen LogP contribution in [0, 0.1) is 0 Å². The minimum Gasteiger partial charge on any atom is -0.326 e. The largest absolute Gasteiger partial charge is 0.326 e. The van der Waals surface area contributed by atoms with E-state index in [1.807, 2.05) is 55.5 Å². The van der Waals surface area contributed by atoms with E-state index < -0.39 is 0 Å². The summed E-state index contributed by atoms with van der Waals surface area (Å²) < 4.78 is 0. The van der Waals surface area contributed by atoms with Crippen molar-refractivity contribution >= 4 is 28.4 Å². The van der Waals surface area contributed by atoms with Crippen molar-refractivity contribution in [2.75, 3.05) is 5.32 Å². The van der Waals surface area contributed by atoms with Crippen LogP contribution in [0.25, 0.3) is 22.3 Å². The number of rotatable bonds is 4. The van der Waals surface area contributed by atoms with Crippen LogP contribution >= 0.6 is 0 Å². The zero-order valence-corrected chi connectivity index (χ0v) is 15.5. The third-order valence-electron chi connectivity index (χ3n) is 4.74. The molecule has 3 aromatic rings. The van der Waals surface area contributed by atoms with Crippen molar-refractivity contribution in [2.24, 2.45) is 15.7 Å². The van der Waals surface area contributed by atoms with Crippen molar-refractivity contribution < 1.29 is 0 Å². The molecule has 0 bridgehead atoms. The highest BCUT2D eigenvalue weighted by molar-refractivity contribution is 6.11. The van der Waals surface area contributed by atoms with E-state index in [0.29, 0.717) is 24.1 Å². The lowest BCUT2D eigenvalue weighted by Gasteiger charge is -2.11. The van der Waals surface area contributed by atoms with E-state index >= 15 is 0 Å². The zero-order chi connectivity index (χ0) is 18.8. The standard InChI is InChI=1S/C21H22N6/c1-3-17-13(2)23-21(25-17)27-20-16-10-6-7-11-18(16)24-19(26-20)15-9-5-4-8-14(15)12-22/h4-11,17H,3,12,22H2,1-2H3,(H,24,25,26,27). The van der Waals surface area contributed by atoms with Crippen molar-refractivity contribution in [3.8, 4) is 11.4 Å². The average Bonchev–Trinajstić information content (AvgIpc) is 3.07. The number of hydrogen-bond donors (Lipinski definition) is 2. The van der Waals surface area contributed by atoms with Crippen LogP contribution in [-0.2, 0) is 6.54 Å². The minimum absolute atomic E-state index is 0.137. The van der Waals surface area contributed by atoms with Gasteiger partial charge in [-0.05, 0) is 31.0 Å². The van der Waals surface area contributed by atoms with Gasteiger partial charge in [0.25, 0.3) is 0 Å². The number of aromatic nitrogens is 2. The first kappa shape index (κ1) is 17.3. The van der Waals surface area contributed by atoms with E-state index in [2.05, 4.69) is 22.2 Å². The molecular weight excluding hydrogens is 336 g/mol. The Morgan fingerprint density at radius 3 is 2.59 bits per heavy atom. The zero-order valence-electron chi connectivity index (χ0n) is 15.5. The molecule has 0 aliphatic carbocycles. The third-order valence-corrected chi connectivity index (χ3v) is 4.74. The minimum atomic E-state index is 0.137. The van der Waals surface area contributed by atoms with Gasteiger partial charge in [-0.2, -0.15) is 0 Å². The van der Waals surface area contributed by atoms with Crippen molar-refractivity contribution in [3.05, 3.63) is 54.1 Å². The Morgan fingerprint density at radius 2 is 1.81 bits per heavy atom. The summed E-state index contributed by atoms with van der Waals surface area (Å²) in [4.78, 5) is 18.7. The summed E-state index contributed by atoms with van der Waals surface area (Å²) >= 11 is 0. The molecule has 2 aromatic carbocycles. The number of guanidine groups is 1. The van der Waals surface area contributed by atoms with Crippen molar-refractivity contribution in [1.29, 1.82) is 0 Å². The van der Waals surface area contributed by atoms with E-state index in [1.165, 1.54) is 0 Å². The maximum Gasteiger partial charge on any atom is 0.224 e. The van der Waals surface area contributed by atoms with Crippen molar-refractivity contribution in [3.63, 3.8) is 0 Å². The molecule has 136 valence electrons. The molecule has 0 radical (unpaired) electrons. The molecule has 1 unspecified atom stereocenters. The molecule has 6 nitrogen and oxygen atoms in total. The van der Waals surface area contributed by atoms with Gasteiger partial charge in [-0.25, -0.2) is 20.0 Å². The fourth-order valence-electron chi connectivity index (χ4n) is 3.27. The summed E-state index contributed by atoms with van der Waals surface area (Å²) in [5, 5.41) is 4.24. The van der Waals surface area contributed by atoms with Crippen LogP contribution in [0.5, 0.6) is 0 Å². The summed E-state index contributed by atoms with van der Waals surface area (Å²) in [6, 6.07) is 16.0. The highest BCUT2D eigenvalue weighted by Gasteiger charge is 2.19. The van der Waals surface area contributed by atoms with Gasteiger partial charge >= 0.3 is 0 Å². The van der Waals surface area contributed by atoms with Crippen LogP contribution in [0.3, 0.4) is 0 Å². The predicted octanol–water partition coefficient (Wildman–Crippen LogP) is 3.78. The molecule has 2 heterocycles. The summed E-state index contributed by atoms with van der Waals surface area (Å²) in [5.74, 6) is 1.94. The van der Waals surface area contributed by atoms with Crippen LogP contribution in [0.4, 0.5) is 5.82 Å². The first-order valence-electron chi connectivity index (χ1n) is 9.14. The molecule has 0 amide bonds. The fourth-order valence-corrected chi connectivity index (χ4v) is 3.27. The number of nitrogens with zero attached hydrogens (tertiary/aromatic N) is 4. The maximum absolute atomic E-state index is 5.91. The van der Waals surface area contributed by atoms with Crippen LogP contribution in [0.2, 0.25) is 0 Å². The van der Waals surface area contributed by atoms with E-state index in [1.54, 1.807) is 0 Å². The van der Waals surface area contributed by atoms with E-state index in [4.69, 9.17) is 15.7 Å². The van der Waals surface area contributed by atoms with Gasteiger partial charge in [-0.1, -0.05) is 43.3 Å². The highest BCUT2D eigenvalue weighted by atomic mass is 15.2. The van der Waals surface area contributed by atoms with Crippen LogP contribution < -0.4 is 11.1 Å². The van der Waals surface area contributed by atoms with Crippen molar-refractivity contribution in [1.82, 2.24) is 9.97 Å². The molecule has 1 aliphatic heterocycles. The number of aliphatic imine (C=N–C) groups is 2. The van der Waals surface area contributed by atoms with Crippen LogP contribution in [0.15, 0.2) is 58.5 Å². The van der Waals surface area contributed by atoms with Gasteiger partial charge in [0.05, 0.1) is 11.6 Å². The highest BCUT2D eigenvalue weighted by Crippen LogP contribution is 2.27. The van der Waals surface area contributed by atoms with Gasteiger partial charge in [-0.3, -0.25) is 0 Å². The number of para-hydroxylation sites is 1. The molecule has 1 aliphatic rings. The second-order valence-electron chi connectivity index (χ2n) is 6.53. The second-order valence-corrected chi connectivity index (χ2v) is 6.53. The molecule has 6 heteroatoms.